The van der Waals surface area contributed by atoms with Crippen molar-refractivity contribution >= 4 is 22.9 Å². The van der Waals surface area contributed by atoms with Gasteiger partial charge in [0.25, 0.3) is 0 Å². The number of nitrogens with one attached hydrogen (secondary N) is 4. The molecule has 2 atom stereocenters. The number of hydrogen-bond donors (Lipinski definition) is 6. The van der Waals surface area contributed by atoms with Crippen LogP contribution in [-0.4, -0.2) is 74.3 Å². The van der Waals surface area contributed by atoms with Gasteiger partial charge in [-0.2, -0.15) is 0 Å². The fourth-order valence-electron chi connectivity index (χ4n) is 3.83. The summed E-state index contributed by atoms with van der Waals surface area (Å²) in [6, 6.07) is 3.67. The fraction of sp³-hybridized carbons (Fsp3) is 0.455. The maximum Gasteiger partial charge on any atom is 0.173 e. The largest absolute Gasteiger partial charge is 0.395 e. The van der Waals surface area contributed by atoms with Gasteiger partial charge in [0.05, 0.1) is 36.2 Å². The quantitative estimate of drug-likeness (QED) is 0.272. The van der Waals surface area contributed by atoms with Gasteiger partial charge in [0.2, 0.25) is 0 Å². The monoisotopic (exact) mass is 414 g/mol. The number of Topliss-reactive ketones (excluding diaryl/α,β-unsaturated/α-hetero) is 2. The number of allylic oxidation sites excluding steroid dienone is 4. The number of ketones is 2. The van der Waals surface area contributed by atoms with Crippen LogP contribution in [0.1, 0.15) is 20.7 Å². The van der Waals surface area contributed by atoms with Crippen molar-refractivity contribution < 1.29 is 19.8 Å². The number of rotatable bonds is 12. The van der Waals surface area contributed by atoms with Crippen LogP contribution in [0.3, 0.4) is 0 Å². The zero-order chi connectivity index (χ0) is 21.3. The van der Waals surface area contributed by atoms with Crippen LogP contribution in [0.4, 0.5) is 11.4 Å². The first-order valence-electron chi connectivity index (χ1n) is 10.4. The molecular weight excluding hydrogens is 384 g/mol. The lowest BCUT2D eigenvalue weighted by Crippen LogP contribution is -2.37. The second-order valence-electron chi connectivity index (χ2n) is 7.26. The standard InChI is InChI=1S/C22H30N4O4/c27-13-11-23-7-9-25-17-5-6-18(26-10-8-24-12-14-28)20-19(17)21(29)15-3-1-2-4-16(15)22(20)30/h1-6,15-16,23-28H,7-14H2. The topological polar surface area (TPSA) is 123 Å². The van der Waals surface area contributed by atoms with E-state index in [0.717, 1.165) is 0 Å². The third-order valence-corrected chi connectivity index (χ3v) is 5.25. The summed E-state index contributed by atoms with van der Waals surface area (Å²) in [5, 5.41) is 30.4. The lowest BCUT2D eigenvalue weighted by atomic mass is 9.71. The summed E-state index contributed by atoms with van der Waals surface area (Å²) in [6.07, 6.45) is 7.25. The molecule has 162 valence electrons. The molecule has 2 aliphatic rings. The molecule has 3 rings (SSSR count). The maximum absolute atomic E-state index is 13.3. The Hall–Kier alpha value is -2.52. The van der Waals surface area contributed by atoms with Crippen molar-refractivity contribution in [3.05, 3.63) is 47.6 Å². The Labute approximate surface area is 176 Å². The number of aliphatic hydroxyl groups is 2. The molecule has 1 aromatic carbocycles. The summed E-state index contributed by atoms with van der Waals surface area (Å²) in [5.74, 6) is -1.04. The van der Waals surface area contributed by atoms with Crippen LogP contribution in [0, 0.1) is 11.8 Å². The van der Waals surface area contributed by atoms with E-state index >= 15 is 0 Å². The Balaban J connectivity index is 1.85. The minimum Gasteiger partial charge on any atom is -0.395 e. The van der Waals surface area contributed by atoms with E-state index < -0.39 is 11.8 Å². The zero-order valence-electron chi connectivity index (χ0n) is 17.0. The van der Waals surface area contributed by atoms with Crippen LogP contribution in [0.25, 0.3) is 0 Å². The highest BCUT2D eigenvalue weighted by atomic mass is 16.3. The van der Waals surface area contributed by atoms with Gasteiger partial charge in [-0.05, 0) is 12.1 Å². The third kappa shape index (κ3) is 4.96. The van der Waals surface area contributed by atoms with E-state index in [1.165, 1.54) is 0 Å². The fourth-order valence-corrected chi connectivity index (χ4v) is 3.83. The van der Waals surface area contributed by atoms with Crippen molar-refractivity contribution in [2.45, 2.75) is 0 Å². The molecular formula is C22H30N4O4. The highest BCUT2D eigenvalue weighted by Crippen LogP contribution is 2.40. The highest BCUT2D eigenvalue weighted by Gasteiger charge is 2.42. The summed E-state index contributed by atoms with van der Waals surface area (Å²) >= 11 is 0. The molecule has 0 spiro atoms. The smallest absolute Gasteiger partial charge is 0.173 e. The van der Waals surface area contributed by atoms with Crippen LogP contribution in [0.5, 0.6) is 0 Å². The Kier molecular flexibility index (Phi) is 8.15. The molecule has 0 aliphatic heterocycles. The van der Waals surface area contributed by atoms with Gasteiger partial charge >= 0.3 is 0 Å². The molecule has 8 nitrogen and oxygen atoms in total. The predicted molar refractivity (Wildman–Crippen MR) is 117 cm³/mol. The van der Waals surface area contributed by atoms with Crippen molar-refractivity contribution in [3.63, 3.8) is 0 Å². The van der Waals surface area contributed by atoms with Crippen LogP contribution >= 0.6 is 0 Å². The van der Waals surface area contributed by atoms with E-state index in [0.29, 0.717) is 61.8 Å². The zero-order valence-corrected chi connectivity index (χ0v) is 17.0. The molecule has 2 unspecified atom stereocenters. The lowest BCUT2D eigenvalue weighted by Gasteiger charge is -2.31. The number of hydrogen-bond acceptors (Lipinski definition) is 8. The molecule has 8 heteroatoms. The normalized spacial score (nSPS) is 19.5. The van der Waals surface area contributed by atoms with E-state index in [2.05, 4.69) is 21.3 Å². The van der Waals surface area contributed by atoms with Crippen LogP contribution < -0.4 is 21.3 Å². The molecule has 0 radical (unpaired) electrons. The van der Waals surface area contributed by atoms with E-state index in [4.69, 9.17) is 10.2 Å². The van der Waals surface area contributed by atoms with E-state index in [1.54, 1.807) is 12.2 Å². The number of benzene rings is 1. The molecule has 0 saturated heterocycles. The average Bonchev–Trinajstić information content (AvgIpc) is 2.77. The summed E-state index contributed by atoms with van der Waals surface area (Å²) in [4.78, 5) is 26.7. The molecule has 30 heavy (non-hydrogen) atoms. The Morgan fingerprint density at radius 2 is 1.10 bits per heavy atom. The Morgan fingerprint density at radius 1 is 0.667 bits per heavy atom. The van der Waals surface area contributed by atoms with Crippen LogP contribution in [0.15, 0.2) is 36.4 Å². The van der Waals surface area contributed by atoms with Gasteiger partial charge < -0.3 is 31.5 Å². The minimum atomic E-state index is -0.468. The number of fused-ring (bicyclic) bond motifs is 2. The molecule has 0 amide bonds. The molecule has 0 aromatic heterocycles. The number of anilines is 2. The van der Waals surface area contributed by atoms with Gasteiger partial charge in [-0.1, -0.05) is 24.3 Å². The summed E-state index contributed by atoms with van der Waals surface area (Å²) in [7, 11) is 0. The second-order valence-corrected chi connectivity index (χ2v) is 7.26. The van der Waals surface area contributed by atoms with Crippen LogP contribution in [0.2, 0.25) is 0 Å². The SMILES string of the molecule is O=C1c2c(NCCNCCO)ccc(NCCNCCO)c2C(=O)C2C=CC=CC12. The summed E-state index contributed by atoms with van der Waals surface area (Å²) in [6.45, 7) is 3.53. The van der Waals surface area contributed by atoms with Crippen molar-refractivity contribution in [3.8, 4) is 0 Å². The van der Waals surface area contributed by atoms with Gasteiger partial charge in [-0.3, -0.25) is 9.59 Å². The summed E-state index contributed by atoms with van der Waals surface area (Å²) in [5.41, 5.74) is 2.19. The summed E-state index contributed by atoms with van der Waals surface area (Å²) < 4.78 is 0. The molecule has 1 aromatic rings. The first-order chi connectivity index (χ1) is 14.7. The van der Waals surface area contributed by atoms with Crippen molar-refractivity contribution in [1.29, 1.82) is 0 Å². The molecule has 0 saturated carbocycles. The Bertz CT molecular complexity index is 755. The molecule has 6 N–H and O–H groups in total. The van der Waals surface area contributed by atoms with Gasteiger partial charge in [0.1, 0.15) is 0 Å². The first-order valence-corrected chi connectivity index (χ1v) is 10.4. The highest BCUT2D eigenvalue weighted by molar-refractivity contribution is 6.22. The first kappa shape index (κ1) is 22.2. The predicted octanol–water partition coefficient (Wildman–Crippen LogP) is 0.412. The van der Waals surface area contributed by atoms with Crippen LogP contribution in [-0.2, 0) is 0 Å². The van der Waals surface area contributed by atoms with Gasteiger partial charge in [-0.15, -0.1) is 0 Å². The number of aliphatic hydroxyl groups excluding tert-OH is 2. The molecule has 2 aliphatic carbocycles. The van der Waals surface area contributed by atoms with Crippen molar-refractivity contribution in [1.82, 2.24) is 10.6 Å². The molecule has 0 bridgehead atoms. The lowest BCUT2D eigenvalue weighted by molar-refractivity contribution is 0.0803. The van der Waals surface area contributed by atoms with E-state index in [-0.39, 0.29) is 24.8 Å². The van der Waals surface area contributed by atoms with E-state index in [1.807, 2.05) is 24.3 Å². The van der Waals surface area contributed by atoms with Gasteiger partial charge in [-0.25, -0.2) is 0 Å². The third-order valence-electron chi connectivity index (χ3n) is 5.25. The van der Waals surface area contributed by atoms with Gasteiger partial charge in [0, 0.05) is 50.6 Å². The van der Waals surface area contributed by atoms with Gasteiger partial charge in [0.15, 0.2) is 11.6 Å². The van der Waals surface area contributed by atoms with E-state index in [9.17, 15) is 9.59 Å². The van der Waals surface area contributed by atoms with Crippen molar-refractivity contribution in [2.75, 3.05) is 63.1 Å². The number of carbonyl (C=O) groups is 2. The van der Waals surface area contributed by atoms with Crippen molar-refractivity contribution in [2.24, 2.45) is 11.8 Å². The Morgan fingerprint density at radius 3 is 1.50 bits per heavy atom. The average molecular weight is 415 g/mol. The number of carbonyl (C=O) groups excluding carboxylic acids is 2. The molecule has 0 fully saturated rings. The second kappa shape index (κ2) is 11.0. The minimum absolute atomic E-state index is 0.0527. The molecule has 0 heterocycles. The maximum atomic E-state index is 13.3.